The van der Waals surface area contributed by atoms with Crippen LogP contribution in [0.2, 0.25) is 0 Å². The van der Waals surface area contributed by atoms with Crippen LogP contribution in [-0.4, -0.2) is 10.9 Å². The van der Waals surface area contributed by atoms with Crippen molar-refractivity contribution in [1.29, 1.82) is 0 Å². The molecule has 0 radical (unpaired) electrons. The Kier molecular flexibility index (Phi) is 4.27. The van der Waals surface area contributed by atoms with E-state index in [0.717, 1.165) is 15.6 Å². The largest absolute Gasteiger partial charge is 0.351 e. The van der Waals surface area contributed by atoms with Gasteiger partial charge in [-0.25, -0.2) is 4.98 Å². The molecule has 0 atom stereocenters. The van der Waals surface area contributed by atoms with Crippen LogP contribution in [0.5, 0.6) is 0 Å². The maximum Gasteiger partial charge on any atom is 0.220 e. The van der Waals surface area contributed by atoms with Gasteiger partial charge in [-0.1, -0.05) is 13.8 Å². The van der Waals surface area contributed by atoms with E-state index in [2.05, 4.69) is 10.3 Å². The van der Waals surface area contributed by atoms with Gasteiger partial charge in [0.25, 0.3) is 0 Å². The molecule has 0 saturated heterocycles. The minimum absolute atomic E-state index is 0.121. The first-order chi connectivity index (χ1) is 6.99. The monoisotopic (exact) mass is 226 g/mol. The van der Waals surface area contributed by atoms with E-state index in [-0.39, 0.29) is 5.91 Å². The summed E-state index contributed by atoms with van der Waals surface area (Å²) in [6.07, 6.45) is 0.594. The summed E-state index contributed by atoms with van der Waals surface area (Å²) in [6, 6.07) is 0. The van der Waals surface area contributed by atoms with Crippen LogP contribution in [0, 0.1) is 19.8 Å². The van der Waals surface area contributed by atoms with Crippen LogP contribution in [0.3, 0.4) is 0 Å². The number of aryl methyl sites for hydroxylation is 2. The van der Waals surface area contributed by atoms with Crippen LogP contribution in [0.25, 0.3) is 0 Å². The van der Waals surface area contributed by atoms with Gasteiger partial charge in [0.15, 0.2) is 0 Å². The molecule has 0 bridgehead atoms. The second kappa shape index (κ2) is 5.26. The molecule has 1 aromatic rings. The highest BCUT2D eigenvalue weighted by molar-refractivity contribution is 7.11. The van der Waals surface area contributed by atoms with Crippen LogP contribution in [0.15, 0.2) is 0 Å². The highest BCUT2D eigenvalue weighted by Gasteiger charge is 2.07. The molecule has 0 spiro atoms. The molecule has 0 aromatic carbocycles. The average molecular weight is 226 g/mol. The summed E-state index contributed by atoms with van der Waals surface area (Å²) in [5, 5.41) is 3.97. The third-order valence-corrected chi connectivity index (χ3v) is 3.11. The van der Waals surface area contributed by atoms with E-state index in [0.29, 0.717) is 18.9 Å². The number of aromatic nitrogens is 1. The second-order valence-corrected chi connectivity index (χ2v) is 5.40. The van der Waals surface area contributed by atoms with Crippen molar-refractivity contribution < 1.29 is 4.79 Å². The van der Waals surface area contributed by atoms with Crippen molar-refractivity contribution in [3.05, 3.63) is 15.6 Å². The molecule has 15 heavy (non-hydrogen) atoms. The van der Waals surface area contributed by atoms with E-state index >= 15 is 0 Å². The molecule has 1 heterocycles. The van der Waals surface area contributed by atoms with Crippen LogP contribution in [-0.2, 0) is 11.3 Å². The zero-order valence-corrected chi connectivity index (χ0v) is 10.6. The Morgan fingerprint density at radius 2 is 2.13 bits per heavy atom. The highest BCUT2D eigenvalue weighted by Crippen LogP contribution is 2.16. The van der Waals surface area contributed by atoms with Crippen molar-refractivity contribution in [3.63, 3.8) is 0 Å². The molecule has 1 aromatic heterocycles. The average Bonchev–Trinajstić information content (AvgIpc) is 2.40. The Morgan fingerprint density at radius 1 is 1.47 bits per heavy atom. The van der Waals surface area contributed by atoms with Gasteiger partial charge in [-0.3, -0.25) is 4.79 Å². The van der Waals surface area contributed by atoms with E-state index in [1.54, 1.807) is 11.3 Å². The standard InChI is InChI=1S/C11H18N2OS/c1-7(2)5-11(14)12-6-10-8(3)13-9(4)15-10/h7H,5-6H2,1-4H3,(H,12,14). The molecule has 1 N–H and O–H groups in total. The Morgan fingerprint density at radius 3 is 2.60 bits per heavy atom. The summed E-state index contributed by atoms with van der Waals surface area (Å²) in [7, 11) is 0. The molecule has 84 valence electrons. The first-order valence-corrected chi connectivity index (χ1v) is 6.00. The lowest BCUT2D eigenvalue weighted by atomic mass is 10.1. The maximum atomic E-state index is 11.4. The van der Waals surface area contributed by atoms with Crippen molar-refractivity contribution >= 4 is 17.2 Å². The van der Waals surface area contributed by atoms with Crippen molar-refractivity contribution in [2.75, 3.05) is 0 Å². The molecule has 1 amide bonds. The number of amides is 1. The summed E-state index contributed by atoms with van der Waals surface area (Å²) in [6.45, 7) is 8.66. The van der Waals surface area contributed by atoms with Crippen molar-refractivity contribution in [1.82, 2.24) is 10.3 Å². The van der Waals surface area contributed by atoms with Crippen molar-refractivity contribution in [2.24, 2.45) is 5.92 Å². The predicted octanol–water partition coefficient (Wildman–Crippen LogP) is 2.42. The fourth-order valence-corrected chi connectivity index (χ4v) is 2.24. The molecule has 0 unspecified atom stereocenters. The summed E-state index contributed by atoms with van der Waals surface area (Å²) < 4.78 is 0. The zero-order valence-electron chi connectivity index (χ0n) is 9.76. The summed E-state index contributed by atoms with van der Waals surface area (Å²) >= 11 is 1.65. The van der Waals surface area contributed by atoms with Crippen molar-refractivity contribution in [2.45, 2.75) is 40.7 Å². The second-order valence-electron chi connectivity index (χ2n) is 4.12. The fourth-order valence-electron chi connectivity index (χ4n) is 1.36. The molecular formula is C11H18N2OS. The zero-order chi connectivity index (χ0) is 11.4. The van der Waals surface area contributed by atoms with Gasteiger partial charge in [-0.05, 0) is 19.8 Å². The van der Waals surface area contributed by atoms with Gasteiger partial charge in [0.05, 0.1) is 17.2 Å². The topological polar surface area (TPSA) is 42.0 Å². The van der Waals surface area contributed by atoms with Crippen molar-refractivity contribution in [3.8, 4) is 0 Å². The predicted molar refractivity (Wildman–Crippen MR) is 62.9 cm³/mol. The van der Waals surface area contributed by atoms with Gasteiger partial charge in [-0.15, -0.1) is 11.3 Å². The van der Waals surface area contributed by atoms with E-state index in [4.69, 9.17) is 0 Å². The van der Waals surface area contributed by atoms with Gasteiger partial charge in [0.2, 0.25) is 5.91 Å². The van der Waals surface area contributed by atoms with Gasteiger partial charge < -0.3 is 5.32 Å². The van der Waals surface area contributed by atoms with Gasteiger partial charge in [0, 0.05) is 11.3 Å². The minimum Gasteiger partial charge on any atom is -0.351 e. The number of rotatable bonds is 4. The number of nitrogens with one attached hydrogen (secondary N) is 1. The quantitative estimate of drug-likeness (QED) is 0.856. The molecule has 3 nitrogen and oxygen atoms in total. The molecule has 0 fully saturated rings. The summed E-state index contributed by atoms with van der Waals surface area (Å²) in [4.78, 5) is 16.9. The molecule has 1 rings (SSSR count). The molecule has 0 aliphatic carbocycles. The van der Waals surface area contributed by atoms with E-state index in [1.807, 2.05) is 27.7 Å². The first-order valence-electron chi connectivity index (χ1n) is 5.18. The summed E-state index contributed by atoms with van der Waals surface area (Å²) in [5.74, 6) is 0.532. The Labute approximate surface area is 94.9 Å². The lowest BCUT2D eigenvalue weighted by Crippen LogP contribution is -2.23. The number of nitrogens with zero attached hydrogens (tertiary/aromatic N) is 1. The van der Waals surface area contributed by atoms with E-state index < -0.39 is 0 Å². The number of hydrogen-bond donors (Lipinski definition) is 1. The maximum absolute atomic E-state index is 11.4. The van der Waals surface area contributed by atoms with Crippen LogP contribution in [0.4, 0.5) is 0 Å². The number of carbonyl (C=O) groups excluding carboxylic acids is 1. The van der Waals surface area contributed by atoms with Gasteiger partial charge >= 0.3 is 0 Å². The minimum atomic E-state index is 0.121. The SMILES string of the molecule is Cc1nc(C)c(CNC(=O)CC(C)C)s1. The Balaban J connectivity index is 2.43. The molecule has 0 saturated carbocycles. The lowest BCUT2D eigenvalue weighted by molar-refractivity contribution is -0.121. The van der Waals surface area contributed by atoms with Crippen LogP contribution in [0.1, 0.15) is 35.8 Å². The highest BCUT2D eigenvalue weighted by atomic mass is 32.1. The molecule has 4 heteroatoms. The molecule has 0 aliphatic rings. The van der Waals surface area contributed by atoms with Gasteiger partial charge in [0.1, 0.15) is 0 Å². The fraction of sp³-hybridized carbons (Fsp3) is 0.636. The summed E-state index contributed by atoms with van der Waals surface area (Å²) in [5.41, 5.74) is 1.03. The van der Waals surface area contributed by atoms with E-state index in [1.165, 1.54) is 0 Å². The van der Waals surface area contributed by atoms with Crippen LogP contribution >= 0.6 is 11.3 Å². The smallest absolute Gasteiger partial charge is 0.220 e. The number of carbonyl (C=O) groups is 1. The van der Waals surface area contributed by atoms with E-state index in [9.17, 15) is 4.79 Å². The lowest BCUT2D eigenvalue weighted by Gasteiger charge is -2.05. The van der Waals surface area contributed by atoms with Crippen LogP contribution < -0.4 is 5.32 Å². The Hall–Kier alpha value is -0.900. The third-order valence-electron chi connectivity index (χ3n) is 2.04. The first kappa shape index (κ1) is 12.2. The molecular weight excluding hydrogens is 208 g/mol. The normalized spacial score (nSPS) is 10.7. The Bertz CT molecular complexity index is 344. The van der Waals surface area contributed by atoms with Gasteiger partial charge in [-0.2, -0.15) is 0 Å². The number of thiazole rings is 1. The number of hydrogen-bond acceptors (Lipinski definition) is 3. The third kappa shape index (κ3) is 4.00. The molecule has 0 aliphatic heterocycles.